The minimum absolute atomic E-state index is 0.00694. The van der Waals surface area contributed by atoms with Crippen molar-refractivity contribution in [2.75, 3.05) is 19.6 Å². The molecular weight excluding hydrogens is 392 g/mol. The Kier molecular flexibility index (Phi) is 7.05. The van der Waals surface area contributed by atoms with Crippen LogP contribution in [0.25, 0.3) is 0 Å². The molecule has 0 radical (unpaired) electrons. The molecule has 0 aliphatic carbocycles. The van der Waals surface area contributed by atoms with Crippen molar-refractivity contribution >= 4 is 15.9 Å². The van der Waals surface area contributed by atoms with Crippen molar-refractivity contribution in [1.82, 2.24) is 20.1 Å². The fourth-order valence-corrected chi connectivity index (χ4v) is 4.84. The molecule has 158 valence electrons. The Morgan fingerprint density at radius 1 is 1.14 bits per heavy atom. The maximum absolute atomic E-state index is 12.3. The first kappa shape index (κ1) is 21.5. The summed E-state index contributed by atoms with van der Waals surface area (Å²) in [5.41, 5.74) is 2.59. The number of nitrogens with zero attached hydrogens (tertiary/aromatic N) is 2. The molecule has 0 spiro atoms. The molecule has 8 nitrogen and oxygen atoms in total. The third-order valence-corrected chi connectivity index (χ3v) is 6.70. The molecule has 0 unspecified atom stereocenters. The molecule has 29 heavy (non-hydrogen) atoms. The number of carbonyl (C=O) groups is 1. The van der Waals surface area contributed by atoms with Gasteiger partial charge in [0.2, 0.25) is 15.9 Å². The topological polar surface area (TPSA) is 105 Å². The van der Waals surface area contributed by atoms with Crippen LogP contribution in [0.4, 0.5) is 0 Å². The zero-order valence-electron chi connectivity index (χ0n) is 16.9. The van der Waals surface area contributed by atoms with Crippen molar-refractivity contribution in [2.45, 2.75) is 51.1 Å². The van der Waals surface area contributed by atoms with Gasteiger partial charge in [0.05, 0.1) is 0 Å². The summed E-state index contributed by atoms with van der Waals surface area (Å²) in [6.07, 6.45) is 2.60. The van der Waals surface area contributed by atoms with Crippen LogP contribution in [0, 0.1) is 13.8 Å². The van der Waals surface area contributed by atoms with Crippen LogP contribution < -0.4 is 10.0 Å². The number of sulfonamides is 1. The van der Waals surface area contributed by atoms with Gasteiger partial charge >= 0.3 is 0 Å². The van der Waals surface area contributed by atoms with Crippen LogP contribution in [-0.2, 0) is 27.9 Å². The summed E-state index contributed by atoms with van der Waals surface area (Å²) in [7, 11) is -3.75. The van der Waals surface area contributed by atoms with E-state index in [1.807, 2.05) is 12.1 Å². The standard InChI is InChI=1S/C20H28N4O4S/c1-15-20(16(2)28-23-15)29(26,27)22-10-9-19(25)21-13-17-5-7-18(8-6-17)14-24-11-3-4-12-24/h5-8,22H,3-4,9-14H2,1-2H3,(H,21,25). The van der Waals surface area contributed by atoms with Crippen LogP contribution >= 0.6 is 0 Å². The number of hydrogen-bond acceptors (Lipinski definition) is 6. The highest BCUT2D eigenvalue weighted by atomic mass is 32.2. The van der Waals surface area contributed by atoms with E-state index in [4.69, 9.17) is 4.52 Å². The SMILES string of the molecule is Cc1noc(C)c1S(=O)(=O)NCCC(=O)NCc1ccc(CN2CCCC2)cc1. The van der Waals surface area contributed by atoms with Crippen LogP contribution in [0.1, 0.15) is 41.8 Å². The van der Waals surface area contributed by atoms with Gasteiger partial charge in [-0.15, -0.1) is 0 Å². The Hall–Kier alpha value is -2.23. The molecule has 1 saturated heterocycles. The van der Waals surface area contributed by atoms with Crippen molar-refractivity contribution in [3.63, 3.8) is 0 Å². The number of carbonyl (C=O) groups excluding carboxylic acids is 1. The molecule has 9 heteroatoms. The van der Waals surface area contributed by atoms with E-state index >= 15 is 0 Å². The fraction of sp³-hybridized carbons (Fsp3) is 0.500. The lowest BCUT2D eigenvalue weighted by molar-refractivity contribution is -0.121. The number of benzene rings is 1. The van der Waals surface area contributed by atoms with Crippen molar-refractivity contribution in [3.8, 4) is 0 Å². The van der Waals surface area contributed by atoms with E-state index in [1.165, 1.54) is 25.3 Å². The third-order valence-electron chi connectivity index (χ3n) is 5.00. The fourth-order valence-electron chi connectivity index (χ4n) is 3.48. The molecule has 0 atom stereocenters. The normalized spacial score (nSPS) is 15.0. The number of hydrogen-bond donors (Lipinski definition) is 2. The molecule has 1 aliphatic rings. The van der Waals surface area contributed by atoms with Crippen molar-refractivity contribution in [2.24, 2.45) is 0 Å². The molecule has 1 amide bonds. The van der Waals surface area contributed by atoms with E-state index in [0.717, 1.165) is 25.2 Å². The summed E-state index contributed by atoms with van der Waals surface area (Å²) >= 11 is 0. The monoisotopic (exact) mass is 420 g/mol. The second kappa shape index (κ2) is 9.51. The summed E-state index contributed by atoms with van der Waals surface area (Å²) in [6.45, 7) is 6.83. The predicted molar refractivity (Wildman–Crippen MR) is 109 cm³/mol. The first-order valence-corrected chi connectivity index (χ1v) is 11.3. The van der Waals surface area contributed by atoms with Gasteiger partial charge in [0.25, 0.3) is 0 Å². The van der Waals surface area contributed by atoms with Crippen LogP contribution in [0.15, 0.2) is 33.7 Å². The summed E-state index contributed by atoms with van der Waals surface area (Å²) < 4.78 is 31.9. The first-order valence-electron chi connectivity index (χ1n) is 9.84. The minimum atomic E-state index is -3.75. The molecule has 1 aromatic heterocycles. The molecule has 1 aliphatic heterocycles. The van der Waals surface area contributed by atoms with Crippen LogP contribution in [-0.4, -0.2) is 44.0 Å². The van der Waals surface area contributed by atoms with Gasteiger partial charge in [-0.2, -0.15) is 0 Å². The zero-order valence-corrected chi connectivity index (χ0v) is 17.7. The van der Waals surface area contributed by atoms with Gasteiger partial charge in [0, 0.05) is 26.1 Å². The average Bonchev–Trinajstić information content (AvgIpc) is 3.30. The van der Waals surface area contributed by atoms with Gasteiger partial charge in [-0.1, -0.05) is 29.4 Å². The Bertz CT molecular complexity index is 912. The molecule has 2 heterocycles. The van der Waals surface area contributed by atoms with Crippen molar-refractivity contribution in [1.29, 1.82) is 0 Å². The van der Waals surface area contributed by atoms with Crippen molar-refractivity contribution < 1.29 is 17.7 Å². The largest absolute Gasteiger partial charge is 0.360 e. The van der Waals surface area contributed by atoms with Gasteiger partial charge < -0.3 is 9.84 Å². The van der Waals surface area contributed by atoms with Gasteiger partial charge in [-0.05, 0) is 50.9 Å². The highest BCUT2D eigenvalue weighted by Crippen LogP contribution is 2.18. The van der Waals surface area contributed by atoms with Gasteiger partial charge in [-0.25, -0.2) is 13.1 Å². The number of aromatic nitrogens is 1. The maximum atomic E-state index is 12.3. The summed E-state index contributed by atoms with van der Waals surface area (Å²) in [6, 6.07) is 8.23. The summed E-state index contributed by atoms with van der Waals surface area (Å²) in [4.78, 5) is 14.5. The predicted octanol–water partition coefficient (Wildman–Crippen LogP) is 1.87. The molecular formula is C20H28N4O4S. The lowest BCUT2D eigenvalue weighted by Gasteiger charge is -2.14. The number of aryl methyl sites for hydroxylation is 2. The van der Waals surface area contributed by atoms with Crippen LogP contribution in [0.3, 0.4) is 0 Å². The van der Waals surface area contributed by atoms with E-state index in [0.29, 0.717) is 12.2 Å². The molecule has 2 aromatic rings. The Morgan fingerprint density at radius 3 is 2.41 bits per heavy atom. The van der Waals surface area contributed by atoms with E-state index < -0.39 is 10.0 Å². The lowest BCUT2D eigenvalue weighted by atomic mass is 10.1. The van der Waals surface area contributed by atoms with Gasteiger partial charge in [0.15, 0.2) is 5.76 Å². The first-order chi connectivity index (χ1) is 13.8. The molecule has 0 bridgehead atoms. The lowest BCUT2D eigenvalue weighted by Crippen LogP contribution is -2.31. The maximum Gasteiger partial charge on any atom is 0.245 e. The molecule has 2 N–H and O–H groups in total. The highest BCUT2D eigenvalue weighted by molar-refractivity contribution is 7.89. The Balaban J connectivity index is 1.40. The smallest absolute Gasteiger partial charge is 0.245 e. The average molecular weight is 421 g/mol. The van der Waals surface area contributed by atoms with E-state index in [9.17, 15) is 13.2 Å². The second-order valence-electron chi connectivity index (χ2n) is 7.38. The second-order valence-corrected chi connectivity index (χ2v) is 9.08. The quantitative estimate of drug-likeness (QED) is 0.642. The molecule has 1 aromatic carbocycles. The Morgan fingerprint density at radius 2 is 1.79 bits per heavy atom. The van der Waals surface area contributed by atoms with Gasteiger partial charge in [0.1, 0.15) is 10.6 Å². The van der Waals surface area contributed by atoms with Gasteiger partial charge in [-0.3, -0.25) is 9.69 Å². The van der Waals surface area contributed by atoms with Crippen LogP contribution in [0.5, 0.6) is 0 Å². The van der Waals surface area contributed by atoms with E-state index in [2.05, 4.69) is 32.2 Å². The third kappa shape index (κ3) is 5.88. The zero-order chi connectivity index (χ0) is 20.9. The van der Waals surface area contributed by atoms with Crippen molar-refractivity contribution in [3.05, 3.63) is 46.8 Å². The van der Waals surface area contributed by atoms with E-state index in [1.54, 1.807) is 6.92 Å². The molecule has 1 fully saturated rings. The minimum Gasteiger partial charge on any atom is -0.360 e. The van der Waals surface area contributed by atoms with Crippen LogP contribution in [0.2, 0.25) is 0 Å². The summed E-state index contributed by atoms with van der Waals surface area (Å²) in [5, 5.41) is 6.47. The number of nitrogens with one attached hydrogen (secondary N) is 2. The molecule has 3 rings (SSSR count). The number of amides is 1. The Labute approximate surface area is 171 Å². The molecule has 0 saturated carbocycles. The van der Waals surface area contributed by atoms with E-state index in [-0.39, 0.29) is 29.5 Å². The highest BCUT2D eigenvalue weighted by Gasteiger charge is 2.23. The number of rotatable bonds is 9. The number of likely N-dealkylation sites (tertiary alicyclic amines) is 1. The summed E-state index contributed by atoms with van der Waals surface area (Å²) in [5.74, 6) is 0.0141.